The van der Waals surface area contributed by atoms with E-state index in [1.54, 1.807) is 0 Å². The quantitative estimate of drug-likeness (QED) is 0.474. The molecule has 0 saturated heterocycles. The lowest BCUT2D eigenvalue weighted by Gasteiger charge is -2.16. The van der Waals surface area contributed by atoms with Crippen molar-refractivity contribution >= 4 is 6.21 Å². The highest BCUT2D eigenvalue weighted by atomic mass is 15.2. The van der Waals surface area contributed by atoms with Gasteiger partial charge in [-0.1, -0.05) is 6.58 Å². The summed E-state index contributed by atoms with van der Waals surface area (Å²) in [5.41, 5.74) is 1.16. The third-order valence-corrected chi connectivity index (χ3v) is 1.22. The van der Waals surface area contributed by atoms with Crippen LogP contribution >= 0.6 is 0 Å². The summed E-state index contributed by atoms with van der Waals surface area (Å²) < 4.78 is 0. The fourth-order valence-corrected chi connectivity index (χ4v) is 0.681. The van der Waals surface area contributed by atoms with Gasteiger partial charge in [0.1, 0.15) is 5.82 Å². The van der Waals surface area contributed by atoms with Crippen LogP contribution in [0.25, 0.3) is 0 Å². The Balaban J connectivity index is 2.82. The van der Waals surface area contributed by atoms with E-state index in [4.69, 9.17) is 0 Å². The van der Waals surface area contributed by atoms with Crippen molar-refractivity contribution in [2.45, 2.75) is 6.92 Å². The lowest BCUT2D eigenvalue weighted by Crippen LogP contribution is -2.12. The Bertz CT molecular complexity index is 189. The van der Waals surface area contributed by atoms with E-state index in [0.717, 1.165) is 11.4 Å². The monoisotopic (exact) mass is 122 g/mol. The molecule has 9 heavy (non-hydrogen) atoms. The van der Waals surface area contributed by atoms with Crippen molar-refractivity contribution in [3.8, 4) is 0 Å². The molecule has 1 aliphatic heterocycles. The van der Waals surface area contributed by atoms with Crippen LogP contribution in [0.1, 0.15) is 6.92 Å². The smallest absolute Gasteiger partial charge is 0.124 e. The summed E-state index contributed by atoms with van der Waals surface area (Å²) in [6.07, 6.45) is 3.80. The Kier molecular flexibility index (Phi) is 1.39. The number of rotatable bonds is 0. The van der Waals surface area contributed by atoms with Gasteiger partial charge in [-0.2, -0.15) is 0 Å². The molecule has 0 amide bonds. The highest BCUT2D eigenvalue weighted by molar-refractivity contribution is 5.79. The van der Waals surface area contributed by atoms with Crippen LogP contribution in [0.15, 0.2) is 29.2 Å². The van der Waals surface area contributed by atoms with Gasteiger partial charge in [0, 0.05) is 19.5 Å². The molecule has 0 radical (unpaired) electrons. The zero-order valence-corrected chi connectivity index (χ0v) is 5.76. The molecule has 0 spiro atoms. The lowest BCUT2D eigenvalue weighted by atomic mass is 10.3. The minimum atomic E-state index is 0.792. The van der Waals surface area contributed by atoms with E-state index in [2.05, 4.69) is 11.6 Å². The van der Waals surface area contributed by atoms with Crippen molar-refractivity contribution in [1.82, 2.24) is 4.90 Å². The number of nitrogens with zero attached hydrogens (tertiary/aromatic N) is 2. The first kappa shape index (κ1) is 6.08. The molecule has 0 aromatic heterocycles. The minimum Gasteiger partial charge on any atom is -0.336 e. The molecule has 0 N–H and O–H groups in total. The first-order valence-electron chi connectivity index (χ1n) is 2.84. The second-order valence-corrected chi connectivity index (χ2v) is 2.16. The first-order chi connectivity index (χ1) is 4.20. The summed E-state index contributed by atoms with van der Waals surface area (Å²) in [6.45, 7) is 5.72. The average Bonchev–Trinajstić information content (AvgIpc) is 1.80. The van der Waals surface area contributed by atoms with Crippen LogP contribution in [-0.4, -0.2) is 18.2 Å². The molecule has 1 aliphatic rings. The van der Waals surface area contributed by atoms with Gasteiger partial charge in [0.2, 0.25) is 0 Å². The third-order valence-electron chi connectivity index (χ3n) is 1.22. The van der Waals surface area contributed by atoms with Crippen molar-refractivity contribution in [2.75, 3.05) is 7.05 Å². The number of hydrogen-bond acceptors (Lipinski definition) is 2. The summed E-state index contributed by atoms with van der Waals surface area (Å²) in [5.74, 6) is 0.792. The van der Waals surface area contributed by atoms with E-state index in [9.17, 15) is 0 Å². The summed E-state index contributed by atoms with van der Waals surface area (Å²) in [5, 5.41) is 0. The highest BCUT2D eigenvalue weighted by Crippen LogP contribution is 2.07. The molecule has 0 bridgehead atoms. The van der Waals surface area contributed by atoms with Gasteiger partial charge in [-0.15, -0.1) is 0 Å². The SMILES string of the molecule is C=C1N=CC(C)=CN1C. The molecule has 0 aromatic rings. The Morgan fingerprint density at radius 3 is 2.78 bits per heavy atom. The number of allylic oxidation sites excluding steroid dienone is 1. The van der Waals surface area contributed by atoms with Gasteiger partial charge in [-0.05, 0) is 12.5 Å². The van der Waals surface area contributed by atoms with E-state index >= 15 is 0 Å². The maximum atomic E-state index is 4.03. The lowest BCUT2D eigenvalue weighted by molar-refractivity contribution is 0.557. The largest absolute Gasteiger partial charge is 0.336 e. The fourth-order valence-electron chi connectivity index (χ4n) is 0.681. The van der Waals surface area contributed by atoms with Crippen LogP contribution < -0.4 is 0 Å². The van der Waals surface area contributed by atoms with Gasteiger partial charge < -0.3 is 4.90 Å². The van der Waals surface area contributed by atoms with Gasteiger partial charge in [0.25, 0.3) is 0 Å². The Labute approximate surface area is 55.2 Å². The Morgan fingerprint density at radius 1 is 1.67 bits per heavy atom. The summed E-state index contributed by atoms with van der Waals surface area (Å²) in [4.78, 5) is 5.93. The van der Waals surface area contributed by atoms with Gasteiger partial charge in [-0.3, -0.25) is 0 Å². The van der Waals surface area contributed by atoms with Crippen molar-refractivity contribution in [3.63, 3.8) is 0 Å². The Hall–Kier alpha value is -1.05. The normalized spacial score (nSPS) is 18.2. The van der Waals surface area contributed by atoms with Gasteiger partial charge in [-0.25, -0.2) is 4.99 Å². The van der Waals surface area contributed by atoms with Crippen LogP contribution in [0.2, 0.25) is 0 Å². The average molecular weight is 122 g/mol. The molecule has 0 atom stereocenters. The molecule has 0 aromatic carbocycles. The zero-order chi connectivity index (χ0) is 6.85. The summed E-state index contributed by atoms with van der Waals surface area (Å²) in [7, 11) is 1.93. The first-order valence-corrected chi connectivity index (χ1v) is 2.84. The van der Waals surface area contributed by atoms with E-state index in [0.29, 0.717) is 0 Å². The highest BCUT2D eigenvalue weighted by Gasteiger charge is 1.99. The molecule has 2 nitrogen and oxygen atoms in total. The maximum absolute atomic E-state index is 4.03. The van der Waals surface area contributed by atoms with Crippen molar-refractivity contribution in [1.29, 1.82) is 0 Å². The van der Waals surface area contributed by atoms with Crippen LogP contribution in [-0.2, 0) is 0 Å². The van der Waals surface area contributed by atoms with Gasteiger partial charge in [0.15, 0.2) is 0 Å². The third kappa shape index (κ3) is 1.19. The van der Waals surface area contributed by atoms with Crippen LogP contribution in [0.3, 0.4) is 0 Å². The van der Waals surface area contributed by atoms with Crippen LogP contribution in [0.4, 0.5) is 0 Å². The van der Waals surface area contributed by atoms with E-state index in [1.807, 2.05) is 31.3 Å². The molecule has 0 saturated carbocycles. The van der Waals surface area contributed by atoms with Crippen LogP contribution in [0, 0.1) is 0 Å². The molecule has 0 fully saturated rings. The number of hydrogen-bond donors (Lipinski definition) is 0. The topological polar surface area (TPSA) is 15.6 Å². The predicted octanol–water partition coefficient (Wildman–Crippen LogP) is 1.38. The van der Waals surface area contributed by atoms with Crippen molar-refractivity contribution in [3.05, 3.63) is 24.2 Å². The Morgan fingerprint density at radius 2 is 2.33 bits per heavy atom. The summed E-state index contributed by atoms with van der Waals surface area (Å²) in [6, 6.07) is 0. The molecule has 0 unspecified atom stereocenters. The zero-order valence-electron chi connectivity index (χ0n) is 5.76. The standard InChI is InChI=1S/C7H10N2/c1-6-4-8-7(2)9(3)5-6/h4-5H,2H2,1,3H3. The molecule has 0 aliphatic carbocycles. The van der Waals surface area contributed by atoms with Gasteiger partial charge in [0.05, 0.1) is 0 Å². The molecule has 1 heterocycles. The molecule has 48 valence electrons. The van der Waals surface area contributed by atoms with E-state index in [1.165, 1.54) is 0 Å². The maximum Gasteiger partial charge on any atom is 0.124 e. The second kappa shape index (κ2) is 2.05. The van der Waals surface area contributed by atoms with Crippen LogP contribution in [0.5, 0.6) is 0 Å². The van der Waals surface area contributed by atoms with Crippen molar-refractivity contribution < 1.29 is 0 Å². The van der Waals surface area contributed by atoms with E-state index in [-0.39, 0.29) is 0 Å². The minimum absolute atomic E-state index is 0.792. The van der Waals surface area contributed by atoms with E-state index < -0.39 is 0 Å². The molecule has 2 heteroatoms. The van der Waals surface area contributed by atoms with Crippen molar-refractivity contribution in [2.24, 2.45) is 4.99 Å². The van der Waals surface area contributed by atoms with Gasteiger partial charge >= 0.3 is 0 Å². The molecular formula is C7H10N2. The fraction of sp³-hybridized carbons (Fsp3) is 0.286. The summed E-state index contributed by atoms with van der Waals surface area (Å²) >= 11 is 0. The second-order valence-electron chi connectivity index (χ2n) is 2.16. The predicted molar refractivity (Wildman–Crippen MR) is 39.2 cm³/mol. The molecular weight excluding hydrogens is 112 g/mol. The molecule has 1 rings (SSSR count). The number of aliphatic imine (C=N–C) groups is 1.